The Morgan fingerprint density at radius 1 is 0.753 bits per heavy atom. The molecule has 0 spiro atoms. The van der Waals surface area contributed by atoms with Crippen molar-refractivity contribution in [1.29, 1.82) is 5.26 Å². The number of nitriles is 1. The van der Waals surface area contributed by atoms with Gasteiger partial charge in [-0.1, -0.05) is 0 Å². The zero-order chi connectivity index (χ0) is 53.8. The van der Waals surface area contributed by atoms with E-state index in [0.717, 1.165) is 4.90 Å². The summed E-state index contributed by atoms with van der Waals surface area (Å²) in [6.07, 6.45) is 0.852. The van der Waals surface area contributed by atoms with E-state index < -0.39 is 85.0 Å². The summed E-state index contributed by atoms with van der Waals surface area (Å²) >= 11 is 0. The Kier molecular flexibility index (Phi) is 27.1. The van der Waals surface area contributed by atoms with Crippen LogP contribution in [0.2, 0.25) is 0 Å². The molecule has 0 aromatic carbocycles. The molecule has 73 heavy (non-hydrogen) atoms. The second-order valence-corrected chi connectivity index (χ2v) is 17.4. The van der Waals surface area contributed by atoms with E-state index in [1.165, 1.54) is 25.4 Å². The lowest BCUT2D eigenvalue weighted by molar-refractivity contribution is -0.140. The number of pyridine rings is 1. The molecule has 2 aliphatic rings. The minimum Gasteiger partial charge on any atom is -0.480 e. The minimum atomic E-state index is -3.21. The van der Waals surface area contributed by atoms with E-state index in [0.29, 0.717) is 26.1 Å². The molecule has 1 aromatic heterocycles. The zero-order valence-corrected chi connectivity index (χ0v) is 41.0. The summed E-state index contributed by atoms with van der Waals surface area (Å²) in [4.78, 5) is 124. The topological polar surface area (TPSA) is 346 Å². The number of rotatable bonds is 29. The van der Waals surface area contributed by atoms with Gasteiger partial charge >= 0.3 is 17.9 Å². The number of ether oxygens (including phenoxy) is 2. The molecular formula is C45H68F2N12O14. The van der Waals surface area contributed by atoms with Crippen LogP contribution in [0.5, 0.6) is 0 Å². The molecule has 1 aromatic rings. The molecule has 0 aliphatic carbocycles. The number of alkyl halides is 2. The van der Waals surface area contributed by atoms with Gasteiger partial charge < -0.3 is 56.3 Å². The fourth-order valence-corrected chi connectivity index (χ4v) is 7.67. The van der Waals surface area contributed by atoms with E-state index in [4.69, 9.17) is 14.7 Å². The first kappa shape index (κ1) is 60.8. The number of aliphatic carboxylic acids is 3. The van der Waals surface area contributed by atoms with Crippen molar-refractivity contribution >= 4 is 53.4 Å². The van der Waals surface area contributed by atoms with Gasteiger partial charge in [-0.2, -0.15) is 5.26 Å². The Bertz CT molecular complexity index is 2040. The number of nitrogens with zero attached hydrogens (tertiary/aromatic N) is 7. The number of likely N-dealkylation sites (tertiary alicyclic amines) is 1. The van der Waals surface area contributed by atoms with Crippen molar-refractivity contribution in [3.8, 4) is 6.07 Å². The maximum atomic E-state index is 13.8. The number of hydrogen-bond donors (Lipinski definition) is 8. The summed E-state index contributed by atoms with van der Waals surface area (Å²) < 4.78 is 37.9. The van der Waals surface area contributed by atoms with Crippen LogP contribution >= 0.6 is 0 Å². The van der Waals surface area contributed by atoms with Gasteiger partial charge in [0.05, 0.1) is 77.4 Å². The highest BCUT2D eigenvalue weighted by molar-refractivity contribution is 5.96. The van der Waals surface area contributed by atoms with Crippen molar-refractivity contribution in [3.05, 3.63) is 29.6 Å². The maximum Gasteiger partial charge on any atom is 0.317 e. The molecule has 0 bridgehead atoms. The van der Waals surface area contributed by atoms with E-state index in [9.17, 15) is 67.3 Å². The number of amides is 6. The molecule has 28 heteroatoms. The molecule has 3 rings (SSSR count). The molecular weight excluding hydrogens is 971 g/mol. The van der Waals surface area contributed by atoms with Crippen LogP contribution < -0.4 is 26.6 Å². The molecule has 3 heterocycles. The van der Waals surface area contributed by atoms with Crippen molar-refractivity contribution < 1.29 is 76.7 Å². The lowest BCUT2D eigenvalue weighted by Gasteiger charge is -2.32. The Balaban J connectivity index is 1.50. The monoisotopic (exact) mass is 1040 g/mol. The van der Waals surface area contributed by atoms with Gasteiger partial charge in [0.2, 0.25) is 29.5 Å². The Labute approximate surface area is 421 Å². The van der Waals surface area contributed by atoms with Crippen LogP contribution in [0.25, 0.3) is 0 Å². The lowest BCUT2D eigenvalue weighted by Crippen LogP contribution is -2.49. The predicted molar refractivity (Wildman–Crippen MR) is 251 cm³/mol. The van der Waals surface area contributed by atoms with Crippen molar-refractivity contribution in [2.24, 2.45) is 0 Å². The summed E-state index contributed by atoms with van der Waals surface area (Å²) in [7, 11) is 1.52. The largest absolute Gasteiger partial charge is 0.480 e. The van der Waals surface area contributed by atoms with Crippen LogP contribution in [0.3, 0.4) is 0 Å². The summed E-state index contributed by atoms with van der Waals surface area (Å²) in [5.41, 5.74) is 0.301. The Hall–Kier alpha value is -6.51. The molecule has 2 aliphatic heterocycles. The molecule has 8 N–H and O–H groups in total. The molecule has 1 unspecified atom stereocenters. The van der Waals surface area contributed by atoms with Crippen molar-refractivity contribution in [3.63, 3.8) is 0 Å². The fourth-order valence-electron chi connectivity index (χ4n) is 7.67. The SMILES string of the molecule is COCCOCCNC(=O)C(CCCCNC(=O)CN1CCN(CC(=O)O)CCN(CC(=O)O)CCN(CC(=O)O)CC1)NC(=O)CCC(=O)NCc1cc(C(=O)NCC(=O)N2CC(F)(F)C[C@H]2C#N)ccn1. The molecule has 6 amide bonds. The average molecular weight is 1040 g/mol. The highest BCUT2D eigenvalue weighted by Crippen LogP contribution is 2.31. The average Bonchev–Trinajstić information content (AvgIpc) is 3.66. The van der Waals surface area contributed by atoms with Gasteiger partial charge in [0, 0.05) is 104 Å². The number of carbonyl (C=O) groups excluding carboxylic acids is 6. The first-order chi connectivity index (χ1) is 34.8. The number of hydrogen-bond acceptors (Lipinski definition) is 17. The highest BCUT2D eigenvalue weighted by atomic mass is 19.3. The van der Waals surface area contributed by atoms with Crippen molar-refractivity contribution in [2.45, 2.75) is 63.1 Å². The lowest BCUT2D eigenvalue weighted by atomic mass is 10.1. The number of nitrogens with one attached hydrogen (secondary N) is 5. The summed E-state index contributed by atoms with van der Waals surface area (Å²) in [6, 6.07) is 2.01. The minimum absolute atomic E-state index is 0.0544. The number of carboxylic acid groups (broad SMARTS) is 3. The quantitative estimate of drug-likeness (QED) is 0.0371. The zero-order valence-electron chi connectivity index (χ0n) is 41.0. The maximum absolute atomic E-state index is 13.8. The van der Waals surface area contributed by atoms with Gasteiger partial charge in [-0.3, -0.25) is 67.7 Å². The summed E-state index contributed by atoms with van der Waals surface area (Å²) in [6.45, 7) is 0.378. The van der Waals surface area contributed by atoms with E-state index in [-0.39, 0.29) is 141 Å². The standard InChI is InChI=1S/C45H68F2N12O14/c1-72-20-21-73-19-10-51-44(71)35(54-37(61)6-5-36(60)52-25-33-22-32(7-9-49-33)43(70)53-26-39(63)59-31-45(46,47)23-34(59)24-48)4-2-3-8-50-38(62)27-55-11-13-56(28-40(64)65)15-17-58(30-42(68)69)18-16-57(14-12-55)29-41(66)67/h7,9,22,34-35H,2-6,8,10-21,23,25-31H2,1H3,(H,50,62)(H,51,71)(H,52,60)(H,53,70)(H,54,61)(H,64,65)(H,66,67)(H,68,69)/t34-,35?/m0/s1. The first-order valence-corrected chi connectivity index (χ1v) is 23.8. The second kappa shape index (κ2) is 32.5. The van der Waals surface area contributed by atoms with Crippen LogP contribution in [-0.2, 0) is 54.4 Å². The third kappa shape index (κ3) is 25.1. The first-order valence-electron chi connectivity index (χ1n) is 23.8. The Morgan fingerprint density at radius 3 is 1.89 bits per heavy atom. The van der Waals surface area contributed by atoms with Crippen LogP contribution in [0.15, 0.2) is 18.3 Å². The third-order valence-electron chi connectivity index (χ3n) is 11.5. The van der Waals surface area contributed by atoms with E-state index in [1.54, 1.807) is 25.7 Å². The summed E-state index contributed by atoms with van der Waals surface area (Å²) in [5, 5.41) is 50.7. The van der Waals surface area contributed by atoms with Crippen LogP contribution in [-0.4, -0.2) is 248 Å². The number of carbonyl (C=O) groups is 9. The van der Waals surface area contributed by atoms with Gasteiger partial charge in [0.1, 0.15) is 12.1 Å². The number of carboxylic acids is 3. The number of unbranched alkanes of at least 4 members (excludes halogenated alkanes) is 1. The van der Waals surface area contributed by atoms with Crippen LogP contribution in [0, 0.1) is 11.3 Å². The van der Waals surface area contributed by atoms with Gasteiger partial charge in [-0.15, -0.1) is 0 Å². The molecule has 0 saturated carbocycles. The van der Waals surface area contributed by atoms with E-state index in [2.05, 4.69) is 31.6 Å². The number of halogens is 2. The Morgan fingerprint density at radius 2 is 1.33 bits per heavy atom. The van der Waals surface area contributed by atoms with Crippen LogP contribution in [0.1, 0.15) is 54.6 Å². The highest BCUT2D eigenvalue weighted by Gasteiger charge is 2.47. The number of methoxy groups -OCH3 is 1. The molecule has 406 valence electrons. The van der Waals surface area contributed by atoms with Gasteiger partial charge in [0.25, 0.3) is 11.8 Å². The smallest absolute Gasteiger partial charge is 0.317 e. The second-order valence-electron chi connectivity index (χ2n) is 17.4. The normalized spacial score (nSPS) is 17.5. The van der Waals surface area contributed by atoms with Gasteiger partial charge in [0.15, 0.2) is 0 Å². The van der Waals surface area contributed by atoms with E-state index in [1.807, 2.05) is 0 Å². The number of aromatic nitrogens is 1. The van der Waals surface area contributed by atoms with Crippen molar-refractivity contribution in [1.82, 2.24) is 56.1 Å². The van der Waals surface area contributed by atoms with Gasteiger partial charge in [-0.25, -0.2) is 8.78 Å². The van der Waals surface area contributed by atoms with Crippen molar-refractivity contribution in [2.75, 3.05) is 132 Å². The van der Waals surface area contributed by atoms with Gasteiger partial charge in [-0.05, 0) is 31.4 Å². The fraction of sp³-hybridized carbons (Fsp3) is 0.667. The molecule has 26 nitrogen and oxygen atoms in total. The van der Waals surface area contributed by atoms with E-state index >= 15 is 0 Å². The predicted octanol–water partition coefficient (Wildman–Crippen LogP) is -3.01. The third-order valence-corrected chi connectivity index (χ3v) is 11.5. The molecule has 2 saturated heterocycles. The summed E-state index contributed by atoms with van der Waals surface area (Å²) in [5.74, 6) is -10.0. The molecule has 2 atom stereocenters. The molecule has 2 fully saturated rings. The van der Waals surface area contributed by atoms with Crippen LogP contribution in [0.4, 0.5) is 8.78 Å². The molecule has 0 radical (unpaired) electrons.